The Labute approximate surface area is 139 Å². The molecule has 0 saturated heterocycles. The predicted octanol–water partition coefficient (Wildman–Crippen LogP) is 1.35. The minimum atomic E-state index is -3.86. The highest BCUT2D eigenvalue weighted by molar-refractivity contribution is 8.03. The van der Waals surface area contributed by atoms with Crippen LogP contribution in [0.5, 0.6) is 0 Å². The lowest BCUT2D eigenvalue weighted by Gasteiger charge is -2.31. The zero-order chi connectivity index (χ0) is 16.8. The monoisotopic (exact) mass is 352 g/mol. The fourth-order valence-electron chi connectivity index (χ4n) is 2.71. The standard InChI is InChI=1S/C15H16N2O4S2/c1-9-7-8-12(22-9)16-15(19)13-14(18)10-5-3-4-6-11(10)23(20,21)17(13)2/h3-7,12-13H,8H2,1-2H3,(H,16,19). The first kappa shape index (κ1) is 16.2. The van der Waals surface area contributed by atoms with Crippen molar-refractivity contribution in [1.82, 2.24) is 9.62 Å². The van der Waals surface area contributed by atoms with Crippen molar-refractivity contribution in [3.63, 3.8) is 0 Å². The van der Waals surface area contributed by atoms with E-state index in [4.69, 9.17) is 0 Å². The van der Waals surface area contributed by atoms with E-state index in [2.05, 4.69) is 5.32 Å². The maximum atomic E-state index is 12.6. The number of fused-ring (bicyclic) bond motifs is 1. The van der Waals surface area contributed by atoms with Crippen molar-refractivity contribution in [3.05, 3.63) is 40.8 Å². The van der Waals surface area contributed by atoms with Gasteiger partial charge in [0.2, 0.25) is 15.9 Å². The zero-order valence-corrected chi connectivity index (χ0v) is 14.3. The summed E-state index contributed by atoms with van der Waals surface area (Å²) in [6, 6.07) is 4.61. The van der Waals surface area contributed by atoms with Gasteiger partial charge in [-0.2, -0.15) is 4.31 Å². The quantitative estimate of drug-likeness (QED) is 0.813. The molecular formula is C15H16N2O4S2. The van der Waals surface area contributed by atoms with Crippen LogP contribution in [0, 0.1) is 0 Å². The van der Waals surface area contributed by atoms with Crippen LogP contribution in [0.15, 0.2) is 40.1 Å². The Kier molecular flexibility index (Phi) is 4.07. The molecule has 2 unspecified atom stereocenters. The topological polar surface area (TPSA) is 83.5 Å². The van der Waals surface area contributed by atoms with Crippen LogP contribution in [0.2, 0.25) is 0 Å². The van der Waals surface area contributed by atoms with Crippen molar-refractivity contribution in [2.24, 2.45) is 0 Å². The van der Waals surface area contributed by atoms with Crippen LogP contribution in [0.25, 0.3) is 0 Å². The number of Topliss-reactive ketones (excluding diaryl/α,β-unsaturated/α-hetero) is 1. The number of sulfonamides is 1. The zero-order valence-electron chi connectivity index (χ0n) is 12.6. The number of thioether (sulfide) groups is 1. The molecule has 3 rings (SSSR count). The van der Waals surface area contributed by atoms with Crippen LogP contribution >= 0.6 is 11.8 Å². The van der Waals surface area contributed by atoms with E-state index < -0.39 is 27.8 Å². The van der Waals surface area contributed by atoms with Crippen molar-refractivity contribution >= 4 is 33.5 Å². The molecule has 0 spiro atoms. The summed E-state index contributed by atoms with van der Waals surface area (Å²) in [6.45, 7) is 1.94. The van der Waals surface area contributed by atoms with E-state index in [0.717, 1.165) is 9.21 Å². The molecule has 2 atom stereocenters. The second kappa shape index (κ2) is 5.77. The largest absolute Gasteiger partial charge is 0.342 e. The van der Waals surface area contributed by atoms with Crippen molar-refractivity contribution < 1.29 is 18.0 Å². The van der Waals surface area contributed by atoms with Crippen LogP contribution in [-0.2, 0) is 14.8 Å². The number of benzene rings is 1. The summed E-state index contributed by atoms with van der Waals surface area (Å²) in [5.74, 6) is -1.08. The lowest BCUT2D eigenvalue weighted by molar-refractivity contribution is -0.123. The van der Waals surface area contributed by atoms with Gasteiger partial charge in [-0.25, -0.2) is 8.42 Å². The van der Waals surface area contributed by atoms with Crippen LogP contribution in [0.1, 0.15) is 23.7 Å². The minimum absolute atomic E-state index is 0.0516. The molecule has 2 aliphatic heterocycles. The van der Waals surface area contributed by atoms with Gasteiger partial charge in [-0.15, -0.1) is 11.8 Å². The van der Waals surface area contributed by atoms with Crippen LogP contribution in [-0.4, -0.2) is 42.9 Å². The second-order valence-corrected chi connectivity index (χ2v) is 8.86. The Bertz CT molecular complexity index is 817. The third-order valence-corrected chi connectivity index (χ3v) is 6.93. The number of allylic oxidation sites excluding steroid dienone is 1. The molecule has 0 aliphatic carbocycles. The van der Waals surface area contributed by atoms with E-state index in [-0.39, 0.29) is 15.8 Å². The predicted molar refractivity (Wildman–Crippen MR) is 87.4 cm³/mol. The van der Waals surface area contributed by atoms with Crippen LogP contribution < -0.4 is 5.32 Å². The Morgan fingerprint density at radius 2 is 2.04 bits per heavy atom. The first-order chi connectivity index (χ1) is 10.8. The van der Waals surface area contributed by atoms with Gasteiger partial charge in [-0.05, 0) is 30.4 Å². The number of carbonyl (C=O) groups excluding carboxylic acids is 2. The van der Waals surface area contributed by atoms with Crippen molar-refractivity contribution in [3.8, 4) is 0 Å². The number of hydrogen-bond acceptors (Lipinski definition) is 5. The third kappa shape index (κ3) is 2.71. The maximum absolute atomic E-state index is 12.6. The normalized spacial score (nSPS) is 26.5. The SMILES string of the molecule is CC1=CCC(NC(=O)C2C(=O)c3ccccc3S(=O)(=O)N2C)S1. The summed E-state index contributed by atoms with van der Waals surface area (Å²) in [6.07, 6.45) is 2.66. The molecule has 1 aromatic carbocycles. The van der Waals surface area contributed by atoms with E-state index in [1.165, 1.54) is 30.9 Å². The van der Waals surface area contributed by atoms with Gasteiger partial charge in [0.1, 0.15) is 0 Å². The number of rotatable bonds is 2. The highest BCUT2D eigenvalue weighted by atomic mass is 32.2. The Morgan fingerprint density at radius 3 is 2.70 bits per heavy atom. The number of likely N-dealkylation sites (N-methyl/N-ethyl adjacent to an activating group) is 1. The molecule has 1 aromatic rings. The minimum Gasteiger partial charge on any atom is -0.342 e. The molecular weight excluding hydrogens is 336 g/mol. The molecule has 0 bridgehead atoms. The third-order valence-electron chi connectivity index (χ3n) is 3.92. The highest BCUT2D eigenvalue weighted by Gasteiger charge is 2.45. The lowest BCUT2D eigenvalue weighted by Crippen LogP contribution is -2.56. The van der Waals surface area contributed by atoms with Gasteiger partial charge in [0, 0.05) is 12.6 Å². The van der Waals surface area contributed by atoms with Crippen molar-refractivity contribution in [2.75, 3.05) is 7.05 Å². The summed E-state index contributed by atoms with van der Waals surface area (Å²) in [7, 11) is -2.60. The van der Waals surface area contributed by atoms with Gasteiger partial charge in [-0.1, -0.05) is 18.2 Å². The Balaban J connectivity index is 1.91. The summed E-state index contributed by atoms with van der Waals surface area (Å²) in [4.78, 5) is 26.2. The molecule has 23 heavy (non-hydrogen) atoms. The van der Waals surface area contributed by atoms with Gasteiger partial charge in [0.25, 0.3) is 0 Å². The molecule has 0 aromatic heterocycles. The van der Waals surface area contributed by atoms with Gasteiger partial charge >= 0.3 is 0 Å². The Hall–Kier alpha value is -1.64. The molecule has 2 aliphatic rings. The first-order valence-electron chi connectivity index (χ1n) is 7.07. The molecule has 8 heteroatoms. The van der Waals surface area contributed by atoms with Crippen molar-refractivity contribution in [1.29, 1.82) is 0 Å². The van der Waals surface area contributed by atoms with Gasteiger partial charge in [-0.3, -0.25) is 9.59 Å². The van der Waals surface area contributed by atoms with E-state index in [0.29, 0.717) is 6.42 Å². The highest BCUT2D eigenvalue weighted by Crippen LogP contribution is 2.32. The average molecular weight is 352 g/mol. The molecule has 0 fully saturated rings. The number of nitrogens with zero attached hydrogens (tertiary/aromatic N) is 1. The molecule has 0 saturated carbocycles. The second-order valence-electron chi connectivity index (χ2n) is 5.45. The van der Waals surface area contributed by atoms with Gasteiger partial charge in [0.05, 0.1) is 10.3 Å². The van der Waals surface area contributed by atoms with Crippen molar-refractivity contribution in [2.45, 2.75) is 29.7 Å². The average Bonchev–Trinajstić information content (AvgIpc) is 2.91. The van der Waals surface area contributed by atoms with E-state index in [9.17, 15) is 18.0 Å². The van der Waals surface area contributed by atoms with Crippen LogP contribution in [0.3, 0.4) is 0 Å². The summed E-state index contributed by atoms with van der Waals surface area (Å²) < 4.78 is 25.9. The molecule has 1 amide bonds. The van der Waals surface area contributed by atoms with E-state index >= 15 is 0 Å². The lowest BCUT2D eigenvalue weighted by atomic mass is 10.0. The van der Waals surface area contributed by atoms with E-state index in [1.54, 1.807) is 12.1 Å². The summed E-state index contributed by atoms with van der Waals surface area (Å²) >= 11 is 1.50. The molecule has 1 N–H and O–H groups in total. The number of carbonyl (C=O) groups is 2. The van der Waals surface area contributed by atoms with Gasteiger partial charge in [0.15, 0.2) is 11.8 Å². The fraction of sp³-hybridized carbons (Fsp3) is 0.333. The van der Waals surface area contributed by atoms with Gasteiger partial charge < -0.3 is 5.32 Å². The number of nitrogens with one attached hydrogen (secondary N) is 1. The number of hydrogen-bond donors (Lipinski definition) is 1. The number of amides is 1. The Morgan fingerprint density at radius 1 is 1.35 bits per heavy atom. The molecule has 2 heterocycles. The first-order valence-corrected chi connectivity index (χ1v) is 9.39. The smallest absolute Gasteiger partial charge is 0.247 e. The molecule has 0 radical (unpaired) electrons. The van der Waals surface area contributed by atoms with Crippen LogP contribution in [0.4, 0.5) is 0 Å². The van der Waals surface area contributed by atoms with E-state index in [1.807, 2.05) is 13.0 Å². The molecule has 6 nitrogen and oxygen atoms in total. The molecule has 122 valence electrons. The maximum Gasteiger partial charge on any atom is 0.247 e. The number of ketones is 1. The summed E-state index contributed by atoms with van der Waals surface area (Å²) in [5.41, 5.74) is 0.0686. The summed E-state index contributed by atoms with van der Waals surface area (Å²) in [5, 5.41) is 2.59. The fourth-order valence-corrected chi connectivity index (χ4v) is 5.19.